The fraction of sp³-hybridized carbons (Fsp3) is 0.0385. The van der Waals surface area contributed by atoms with Gasteiger partial charge in [-0.2, -0.15) is 5.26 Å². The van der Waals surface area contributed by atoms with Crippen LogP contribution in [0.3, 0.4) is 0 Å². The minimum Gasteiger partial charge on any atom is -0.404 e. The van der Waals surface area contributed by atoms with Crippen LogP contribution >= 0.6 is 19.4 Å². The highest BCUT2D eigenvalue weighted by molar-refractivity contribution is 7.46. The van der Waals surface area contributed by atoms with E-state index in [0.717, 1.165) is 28.5 Å². The molecule has 5 rings (SSSR count). The van der Waals surface area contributed by atoms with Crippen molar-refractivity contribution < 1.29 is 18.9 Å². The van der Waals surface area contributed by atoms with Gasteiger partial charge in [0.15, 0.2) is 5.65 Å². The van der Waals surface area contributed by atoms with Gasteiger partial charge in [0.05, 0.1) is 17.2 Å². The average molecular weight is 533 g/mol. The number of aromatic amines is 1. The lowest BCUT2D eigenvalue weighted by Crippen LogP contribution is -2.17. The second kappa shape index (κ2) is 9.69. The minimum atomic E-state index is -4.97. The maximum Gasteiger partial charge on any atom is 0.524 e. The van der Waals surface area contributed by atoms with Crippen molar-refractivity contribution in [3.8, 4) is 34.1 Å². The number of nitrogens with one attached hydrogen (secondary N) is 1. The number of hydrogen-bond donors (Lipinski definition) is 3. The molecule has 0 saturated carbocycles. The predicted octanol–water partition coefficient (Wildman–Crippen LogP) is 4.94. The number of benzene rings is 3. The first kappa shape index (κ1) is 24.5. The molecule has 0 amide bonds. The van der Waals surface area contributed by atoms with Gasteiger partial charge in [-0.25, -0.2) is 14.1 Å². The Morgan fingerprint density at radius 1 is 1.05 bits per heavy atom. The van der Waals surface area contributed by atoms with Gasteiger partial charge in [0.25, 0.3) is 5.56 Å². The Hall–Kier alpha value is -4.19. The average Bonchev–Trinajstić information content (AvgIpc) is 3.23. The summed E-state index contributed by atoms with van der Waals surface area (Å²) >= 11 is 6.09. The van der Waals surface area contributed by atoms with Crippen molar-refractivity contribution in [3.63, 3.8) is 0 Å². The standard InChI is InChI=1S/C26H18ClN4O5P/c27-19-9-7-18(8-10-19)24-22(12-16-4-2-1-3-5-16)30-31-25(24)29-15-21(26(31)32)20-11-6-17(14-28)13-23(20)36-37(33,34)35/h1-11,13,15,30H,12H2,(H2,33,34,35). The van der Waals surface area contributed by atoms with E-state index < -0.39 is 13.4 Å². The smallest absolute Gasteiger partial charge is 0.404 e. The second-order valence-corrected chi connectivity index (χ2v) is 9.78. The molecular formula is C26H18ClN4O5P. The van der Waals surface area contributed by atoms with E-state index in [4.69, 9.17) is 16.1 Å². The molecule has 0 aliphatic carbocycles. The summed E-state index contributed by atoms with van der Waals surface area (Å²) in [6.45, 7) is 0. The SMILES string of the molecule is N#Cc1ccc(-c2cnc3c(-c4ccc(Cl)cc4)c(Cc4ccccc4)[nH]n3c2=O)c(OP(=O)(O)O)c1. The molecule has 37 heavy (non-hydrogen) atoms. The first-order chi connectivity index (χ1) is 17.7. The summed E-state index contributed by atoms with van der Waals surface area (Å²) < 4.78 is 17.6. The van der Waals surface area contributed by atoms with Crippen LogP contribution in [0, 0.1) is 11.3 Å². The summed E-state index contributed by atoms with van der Waals surface area (Å²) in [7, 11) is -4.97. The quantitative estimate of drug-likeness (QED) is 0.263. The van der Waals surface area contributed by atoms with Gasteiger partial charge in [0.1, 0.15) is 5.75 Å². The molecule has 0 bridgehead atoms. The van der Waals surface area contributed by atoms with E-state index in [0.29, 0.717) is 17.1 Å². The van der Waals surface area contributed by atoms with Gasteiger partial charge in [-0.1, -0.05) is 54.1 Å². The molecule has 5 aromatic rings. The Morgan fingerprint density at radius 3 is 2.46 bits per heavy atom. The van der Waals surface area contributed by atoms with Gasteiger partial charge in [0.2, 0.25) is 0 Å². The third-order valence-electron chi connectivity index (χ3n) is 5.71. The minimum absolute atomic E-state index is 0.0283. The van der Waals surface area contributed by atoms with Crippen molar-refractivity contribution in [2.75, 3.05) is 0 Å². The molecule has 184 valence electrons. The molecule has 0 atom stereocenters. The highest BCUT2D eigenvalue weighted by atomic mass is 35.5. The number of halogens is 1. The summed E-state index contributed by atoms with van der Waals surface area (Å²) in [6.07, 6.45) is 1.81. The molecule has 3 aromatic carbocycles. The lowest BCUT2D eigenvalue weighted by atomic mass is 10.0. The molecule has 0 unspecified atom stereocenters. The molecule has 9 nitrogen and oxygen atoms in total. The lowest BCUT2D eigenvalue weighted by Gasteiger charge is -2.12. The maximum atomic E-state index is 13.7. The van der Waals surface area contributed by atoms with E-state index in [1.807, 2.05) is 48.5 Å². The Morgan fingerprint density at radius 2 is 1.78 bits per heavy atom. The van der Waals surface area contributed by atoms with Gasteiger partial charge in [-0.05, 0) is 41.5 Å². The molecule has 0 spiro atoms. The summed E-state index contributed by atoms with van der Waals surface area (Å²) in [5.41, 5.74) is 3.35. The highest BCUT2D eigenvalue weighted by Gasteiger charge is 2.23. The van der Waals surface area contributed by atoms with Crippen LogP contribution in [0.25, 0.3) is 27.9 Å². The van der Waals surface area contributed by atoms with Crippen molar-refractivity contribution in [1.82, 2.24) is 14.6 Å². The molecular weight excluding hydrogens is 515 g/mol. The van der Waals surface area contributed by atoms with Gasteiger partial charge >= 0.3 is 7.82 Å². The summed E-state index contributed by atoms with van der Waals surface area (Å²) in [5, 5.41) is 12.9. The van der Waals surface area contributed by atoms with Crippen LogP contribution in [-0.4, -0.2) is 24.4 Å². The van der Waals surface area contributed by atoms with E-state index in [-0.39, 0.29) is 22.4 Å². The largest absolute Gasteiger partial charge is 0.524 e. The van der Waals surface area contributed by atoms with Gasteiger partial charge in [0, 0.05) is 34.5 Å². The number of aromatic nitrogens is 3. The van der Waals surface area contributed by atoms with Crippen LogP contribution in [0.15, 0.2) is 83.8 Å². The first-order valence-corrected chi connectivity index (χ1v) is 12.9. The summed E-state index contributed by atoms with van der Waals surface area (Å²) in [5.74, 6) is -0.305. The topological polar surface area (TPSA) is 141 Å². The lowest BCUT2D eigenvalue weighted by molar-refractivity contribution is 0.283. The fourth-order valence-corrected chi connectivity index (χ4v) is 4.65. The van der Waals surface area contributed by atoms with Gasteiger partial charge < -0.3 is 4.52 Å². The fourth-order valence-electron chi connectivity index (χ4n) is 4.11. The first-order valence-electron chi connectivity index (χ1n) is 11.0. The molecule has 0 aliphatic heterocycles. The number of fused-ring (bicyclic) bond motifs is 1. The normalized spacial score (nSPS) is 11.4. The van der Waals surface area contributed by atoms with Gasteiger partial charge in [-0.15, -0.1) is 0 Å². The second-order valence-electron chi connectivity index (χ2n) is 8.18. The zero-order valence-corrected chi connectivity index (χ0v) is 20.6. The number of nitriles is 1. The number of H-pyrrole nitrogens is 1. The van der Waals surface area contributed by atoms with Crippen molar-refractivity contribution in [2.24, 2.45) is 0 Å². The summed E-state index contributed by atoms with van der Waals surface area (Å²) in [4.78, 5) is 36.9. The van der Waals surface area contributed by atoms with Gasteiger partial charge in [-0.3, -0.25) is 19.7 Å². The molecule has 2 heterocycles. The van der Waals surface area contributed by atoms with E-state index in [1.54, 1.807) is 12.1 Å². The molecule has 2 aromatic heterocycles. The Kier molecular flexibility index (Phi) is 6.42. The third-order valence-corrected chi connectivity index (χ3v) is 6.39. The zero-order valence-electron chi connectivity index (χ0n) is 19.0. The maximum absolute atomic E-state index is 13.7. The van der Waals surface area contributed by atoms with E-state index in [2.05, 4.69) is 10.1 Å². The van der Waals surface area contributed by atoms with Crippen LogP contribution in [-0.2, 0) is 11.0 Å². The monoisotopic (exact) mass is 532 g/mol. The van der Waals surface area contributed by atoms with E-state index in [9.17, 15) is 24.4 Å². The van der Waals surface area contributed by atoms with Crippen molar-refractivity contribution in [2.45, 2.75) is 6.42 Å². The number of rotatable bonds is 6. The highest BCUT2D eigenvalue weighted by Crippen LogP contribution is 2.42. The van der Waals surface area contributed by atoms with Crippen LogP contribution in [0.5, 0.6) is 5.75 Å². The van der Waals surface area contributed by atoms with E-state index >= 15 is 0 Å². The molecule has 0 aliphatic rings. The van der Waals surface area contributed by atoms with Crippen LogP contribution in [0.1, 0.15) is 16.8 Å². The predicted molar refractivity (Wildman–Crippen MR) is 138 cm³/mol. The van der Waals surface area contributed by atoms with Crippen molar-refractivity contribution in [3.05, 3.63) is 111 Å². The summed E-state index contributed by atoms with van der Waals surface area (Å²) in [6, 6.07) is 22.8. The number of phosphoric acid groups is 1. The number of hydrogen-bond acceptors (Lipinski definition) is 5. The van der Waals surface area contributed by atoms with Crippen LogP contribution in [0.4, 0.5) is 0 Å². The van der Waals surface area contributed by atoms with Crippen LogP contribution < -0.4 is 10.1 Å². The molecule has 0 radical (unpaired) electrons. The van der Waals surface area contributed by atoms with Crippen molar-refractivity contribution in [1.29, 1.82) is 5.26 Å². The third kappa shape index (κ3) is 5.05. The molecule has 0 saturated heterocycles. The Labute approximate surface area is 215 Å². The molecule has 3 N–H and O–H groups in total. The molecule has 0 fully saturated rings. The van der Waals surface area contributed by atoms with Crippen LogP contribution in [0.2, 0.25) is 5.02 Å². The van der Waals surface area contributed by atoms with Crippen molar-refractivity contribution >= 4 is 25.1 Å². The Balaban J connectivity index is 1.73. The zero-order chi connectivity index (χ0) is 26.2. The number of phosphoric ester groups is 1. The van der Waals surface area contributed by atoms with E-state index in [1.165, 1.54) is 22.8 Å². The molecule has 11 heteroatoms. The number of nitrogens with zero attached hydrogens (tertiary/aromatic N) is 3. The Bertz CT molecular complexity index is 1770.